The molecule has 1 aromatic carbocycles. The van der Waals surface area contributed by atoms with E-state index in [1.807, 2.05) is 6.07 Å². The number of halogens is 4. The first-order chi connectivity index (χ1) is 10.1. The lowest BCUT2D eigenvalue weighted by Crippen LogP contribution is -2.06. The van der Waals surface area contributed by atoms with Crippen LogP contribution in [0, 0.1) is 11.6 Å². The summed E-state index contributed by atoms with van der Waals surface area (Å²) in [4.78, 5) is 5.29. The molecule has 0 amide bonds. The molecule has 3 rings (SSSR count). The lowest BCUT2D eigenvalue weighted by atomic mass is 10.3. The van der Waals surface area contributed by atoms with Crippen LogP contribution in [0.15, 0.2) is 24.3 Å². The van der Waals surface area contributed by atoms with Crippen molar-refractivity contribution in [3.05, 3.63) is 50.9 Å². The van der Waals surface area contributed by atoms with Crippen molar-refractivity contribution in [2.75, 3.05) is 5.88 Å². The maximum absolute atomic E-state index is 14.1. The molecule has 0 aliphatic carbocycles. The van der Waals surface area contributed by atoms with Crippen LogP contribution in [0.4, 0.5) is 8.78 Å². The topological polar surface area (TPSA) is 17.8 Å². The molecule has 2 nitrogen and oxygen atoms in total. The predicted molar refractivity (Wildman–Crippen MR) is 82.5 cm³/mol. The van der Waals surface area contributed by atoms with E-state index in [1.165, 1.54) is 17.4 Å². The second kappa shape index (κ2) is 5.91. The third-order valence-corrected chi connectivity index (χ3v) is 4.54. The quantitative estimate of drug-likeness (QED) is 0.617. The van der Waals surface area contributed by atoms with Gasteiger partial charge >= 0.3 is 0 Å². The number of thiophene rings is 1. The maximum Gasteiger partial charge on any atom is 0.184 e. The van der Waals surface area contributed by atoms with Gasteiger partial charge in [-0.05, 0) is 24.3 Å². The van der Waals surface area contributed by atoms with E-state index in [9.17, 15) is 8.78 Å². The van der Waals surface area contributed by atoms with Crippen LogP contribution in [0.25, 0.3) is 11.0 Å². The molecule has 0 aliphatic heterocycles. The molecule has 110 valence electrons. The molecule has 7 heteroatoms. The number of hydrogen-bond donors (Lipinski definition) is 0. The molecule has 0 saturated heterocycles. The molecular weight excluding hydrogens is 337 g/mol. The van der Waals surface area contributed by atoms with E-state index in [0.29, 0.717) is 34.5 Å². The van der Waals surface area contributed by atoms with Gasteiger partial charge in [-0.1, -0.05) is 11.6 Å². The molecule has 2 aromatic heterocycles. The van der Waals surface area contributed by atoms with Gasteiger partial charge in [-0.2, -0.15) is 0 Å². The Morgan fingerprint density at radius 1 is 1.19 bits per heavy atom. The van der Waals surface area contributed by atoms with Crippen molar-refractivity contribution in [2.45, 2.75) is 13.0 Å². The number of benzene rings is 1. The van der Waals surface area contributed by atoms with E-state index in [4.69, 9.17) is 23.2 Å². The molecule has 3 aromatic rings. The number of alkyl halides is 1. The fraction of sp³-hybridized carbons (Fsp3) is 0.214. The Morgan fingerprint density at radius 2 is 2.00 bits per heavy atom. The summed E-state index contributed by atoms with van der Waals surface area (Å²) in [5.74, 6) is -0.777. The van der Waals surface area contributed by atoms with E-state index in [-0.39, 0.29) is 5.52 Å². The minimum absolute atomic E-state index is 0.166. The number of aryl methyl sites for hydroxylation is 1. The van der Waals surface area contributed by atoms with Crippen molar-refractivity contribution in [3.8, 4) is 0 Å². The second-order valence-corrected chi connectivity index (χ2v) is 6.67. The van der Waals surface area contributed by atoms with Gasteiger partial charge in [0, 0.05) is 17.2 Å². The molecular formula is C14H10Cl2F2N2S. The summed E-state index contributed by atoms with van der Waals surface area (Å²) in [6.07, 6.45) is 0.483. The summed E-state index contributed by atoms with van der Waals surface area (Å²) in [5, 5.41) is 0. The Morgan fingerprint density at radius 3 is 2.67 bits per heavy atom. The summed E-state index contributed by atoms with van der Waals surface area (Å²) < 4.78 is 30.0. The average molecular weight is 347 g/mol. The highest BCUT2D eigenvalue weighted by Crippen LogP contribution is 2.27. The van der Waals surface area contributed by atoms with Crippen LogP contribution in [0.2, 0.25) is 4.34 Å². The van der Waals surface area contributed by atoms with Crippen molar-refractivity contribution in [2.24, 2.45) is 0 Å². The van der Waals surface area contributed by atoms with Gasteiger partial charge < -0.3 is 4.57 Å². The average Bonchev–Trinajstić information content (AvgIpc) is 3.00. The molecule has 0 fully saturated rings. The predicted octanol–water partition coefficient (Wildman–Crippen LogP) is 4.86. The Balaban J connectivity index is 2.16. The molecule has 2 heterocycles. The van der Waals surface area contributed by atoms with E-state index < -0.39 is 11.6 Å². The van der Waals surface area contributed by atoms with Crippen molar-refractivity contribution in [1.82, 2.24) is 9.55 Å². The van der Waals surface area contributed by atoms with Crippen molar-refractivity contribution < 1.29 is 8.78 Å². The zero-order chi connectivity index (χ0) is 15.0. The number of hydrogen-bond acceptors (Lipinski definition) is 2. The van der Waals surface area contributed by atoms with E-state index in [1.54, 1.807) is 10.6 Å². The zero-order valence-electron chi connectivity index (χ0n) is 10.7. The van der Waals surface area contributed by atoms with Crippen LogP contribution in [-0.4, -0.2) is 15.4 Å². The standard InChI is InChI=1S/C14H10Cl2F2N2S/c15-6-5-12-19-10-3-2-9(17)13(18)14(10)20(12)7-8-1-4-11(16)21-8/h1-4H,5-7H2. The Labute approximate surface area is 133 Å². The van der Waals surface area contributed by atoms with Crippen LogP contribution >= 0.6 is 34.5 Å². The van der Waals surface area contributed by atoms with Gasteiger partial charge in [0.05, 0.1) is 16.4 Å². The summed E-state index contributed by atoms with van der Waals surface area (Å²) in [6.45, 7) is 0.389. The lowest BCUT2D eigenvalue weighted by molar-refractivity contribution is 0.512. The molecule has 21 heavy (non-hydrogen) atoms. The van der Waals surface area contributed by atoms with E-state index >= 15 is 0 Å². The van der Waals surface area contributed by atoms with Crippen LogP contribution in [0.5, 0.6) is 0 Å². The SMILES string of the molecule is Fc1ccc2nc(CCCl)n(Cc3ccc(Cl)s3)c2c1F. The highest BCUT2D eigenvalue weighted by Gasteiger charge is 2.17. The highest BCUT2D eigenvalue weighted by molar-refractivity contribution is 7.16. The highest BCUT2D eigenvalue weighted by atomic mass is 35.5. The second-order valence-electron chi connectivity index (χ2n) is 4.49. The molecule has 0 aliphatic rings. The van der Waals surface area contributed by atoms with E-state index in [0.717, 1.165) is 10.9 Å². The molecule has 0 saturated carbocycles. The molecule has 0 radical (unpaired) electrons. The van der Waals surface area contributed by atoms with Gasteiger partial charge in [0.25, 0.3) is 0 Å². The Bertz CT molecular complexity index is 798. The zero-order valence-corrected chi connectivity index (χ0v) is 13.1. The molecule has 0 N–H and O–H groups in total. The van der Waals surface area contributed by atoms with Gasteiger partial charge in [0.2, 0.25) is 0 Å². The molecule has 0 bridgehead atoms. The van der Waals surface area contributed by atoms with Crippen molar-refractivity contribution in [3.63, 3.8) is 0 Å². The van der Waals surface area contributed by atoms with Gasteiger partial charge in [-0.3, -0.25) is 0 Å². The van der Waals surface area contributed by atoms with E-state index in [2.05, 4.69) is 4.98 Å². The number of rotatable bonds is 4. The summed E-state index contributed by atoms with van der Waals surface area (Å²) in [5.41, 5.74) is 0.594. The monoisotopic (exact) mass is 346 g/mol. The van der Waals surface area contributed by atoms with Gasteiger partial charge in [-0.15, -0.1) is 22.9 Å². The summed E-state index contributed by atoms with van der Waals surface area (Å²) in [7, 11) is 0. The Kier molecular flexibility index (Phi) is 4.15. The van der Waals surface area contributed by atoms with Crippen LogP contribution < -0.4 is 0 Å². The lowest BCUT2D eigenvalue weighted by Gasteiger charge is -2.07. The fourth-order valence-electron chi connectivity index (χ4n) is 2.24. The van der Waals surface area contributed by atoms with Gasteiger partial charge in [0.15, 0.2) is 11.6 Å². The van der Waals surface area contributed by atoms with Gasteiger partial charge in [-0.25, -0.2) is 13.8 Å². The minimum Gasteiger partial charge on any atom is -0.320 e. The van der Waals surface area contributed by atoms with Crippen molar-refractivity contribution >= 4 is 45.6 Å². The first kappa shape index (κ1) is 14.8. The fourth-order valence-corrected chi connectivity index (χ4v) is 3.49. The third kappa shape index (κ3) is 2.78. The van der Waals surface area contributed by atoms with Crippen LogP contribution in [0.3, 0.4) is 0 Å². The first-order valence-corrected chi connectivity index (χ1v) is 7.96. The smallest absolute Gasteiger partial charge is 0.184 e. The molecule has 0 unspecified atom stereocenters. The summed E-state index contributed by atoms with van der Waals surface area (Å²) >= 11 is 13.1. The Hall–Kier alpha value is -1.17. The van der Waals surface area contributed by atoms with Gasteiger partial charge in [0.1, 0.15) is 11.3 Å². The van der Waals surface area contributed by atoms with Crippen LogP contribution in [-0.2, 0) is 13.0 Å². The maximum atomic E-state index is 14.1. The number of fused-ring (bicyclic) bond motifs is 1. The first-order valence-electron chi connectivity index (χ1n) is 6.23. The molecule has 0 atom stereocenters. The van der Waals surface area contributed by atoms with Crippen LogP contribution in [0.1, 0.15) is 10.7 Å². The number of aromatic nitrogens is 2. The largest absolute Gasteiger partial charge is 0.320 e. The normalized spacial score (nSPS) is 11.4. The third-order valence-electron chi connectivity index (χ3n) is 3.14. The number of nitrogens with zero attached hydrogens (tertiary/aromatic N) is 2. The minimum atomic E-state index is -0.886. The van der Waals surface area contributed by atoms with Crippen molar-refractivity contribution in [1.29, 1.82) is 0 Å². The molecule has 0 spiro atoms. The number of imidazole rings is 1. The summed E-state index contributed by atoms with van der Waals surface area (Å²) in [6, 6.07) is 6.20.